The highest BCUT2D eigenvalue weighted by atomic mass is 16.4. The van der Waals surface area contributed by atoms with Crippen LogP contribution in [0, 0.1) is 6.92 Å². The Labute approximate surface area is 122 Å². The molecule has 1 heterocycles. The van der Waals surface area contributed by atoms with Crippen LogP contribution in [0.4, 0.5) is 0 Å². The fraction of sp³-hybridized carbons (Fsp3) is 0.400. The lowest BCUT2D eigenvalue weighted by atomic mass is 9.97. The third-order valence-electron chi connectivity index (χ3n) is 3.35. The van der Waals surface area contributed by atoms with E-state index in [9.17, 15) is 9.59 Å². The van der Waals surface area contributed by atoms with Gasteiger partial charge < -0.3 is 10.4 Å². The van der Waals surface area contributed by atoms with Gasteiger partial charge in [0.05, 0.1) is 17.3 Å². The van der Waals surface area contributed by atoms with Gasteiger partial charge in [-0.3, -0.25) is 14.7 Å². The molecule has 0 saturated carbocycles. The summed E-state index contributed by atoms with van der Waals surface area (Å²) in [5.41, 5.74) is 1.58. The fourth-order valence-electron chi connectivity index (χ4n) is 2.24. The Kier molecular flexibility index (Phi) is 3.97. The Morgan fingerprint density at radius 2 is 2.10 bits per heavy atom. The van der Waals surface area contributed by atoms with Crippen LogP contribution in [-0.2, 0) is 4.79 Å². The summed E-state index contributed by atoms with van der Waals surface area (Å²) in [5.74, 6) is -1.10. The molecule has 2 rings (SSSR count). The summed E-state index contributed by atoms with van der Waals surface area (Å²) >= 11 is 0. The number of nitrogens with one attached hydrogen (secondary N) is 2. The number of hydrogen-bond acceptors (Lipinski definition) is 3. The third kappa shape index (κ3) is 3.59. The molecule has 21 heavy (non-hydrogen) atoms. The van der Waals surface area contributed by atoms with Crippen LogP contribution in [0.15, 0.2) is 18.3 Å². The summed E-state index contributed by atoms with van der Waals surface area (Å²) in [5, 5.41) is 19.3. The van der Waals surface area contributed by atoms with Crippen molar-refractivity contribution in [1.29, 1.82) is 0 Å². The summed E-state index contributed by atoms with van der Waals surface area (Å²) in [6.45, 7) is 5.54. The molecular formula is C15H19N3O3. The van der Waals surface area contributed by atoms with Gasteiger partial charge in [-0.15, -0.1) is 0 Å². The van der Waals surface area contributed by atoms with Crippen molar-refractivity contribution in [3.05, 3.63) is 29.5 Å². The van der Waals surface area contributed by atoms with Crippen molar-refractivity contribution in [3.8, 4) is 0 Å². The van der Waals surface area contributed by atoms with Crippen LogP contribution in [0.1, 0.15) is 42.6 Å². The SMILES string of the molecule is Cc1cc(C(=O)NC(C)(C)CCC(=O)O)c2[nH]ncc2c1. The first-order chi connectivity index (χ1) is 9.78. The zero-order valence-corrected chi connectivity index (χ0v) is 12.4. The minimum Gasteiger partial charge on any atom is -0.481 e. The molecule has 0 saturated heterocycles. The molecule has 0 fully saturated rings. The van der Waals surface area contributed by atoms with Gasteiger partial charge in [0.25, 0.3) is 5.91 Å². The van der Waals surface area contributed by atoms with E-state index < -0.39 is 11.5 Å². The lowest BCUT2D eigenvalue weighted by molar-refractivity contribution is -0.137. The molecule has 0 aliphatic carbocycles. The molecule has 0 atom stereocenters. The highest BCUT2D eigenvalue weighted by Crippen LogP contribution is 2.20. The van der Waals surface area contributed by atoms with Crippen molar-refractivity contribution in [1.82, 2.24) is 15.5 Å². The minimum absolute atomic E-state index is 0.0145. The second-order valence-electron chi connectivity index (χ2n) is 5.88. The normalized spacial score (nSPS) is 11.6. The zero-order valence-electron chi connectivity index (χ0n) is 12.4. The van der Waals surface area contributed by atoms with E-state index in [-0.39, 0.29) is 12.3 Å². The number of carboxylic acids is 1. The Morgan fingerprint density at radius 3 is 2.76 bits per heavy atom. The second kappa shape index (κ2) is 5.55. The standard InChI is InChI=1S/C15H19N3O3/c1-9-6-10-8-16-18-13(10)11(7-9)14(21)17-15(2,3)5-4-12(19)20/h6-8H,4-5H2,1-3H3,(H,16,18)(H,17,21)(H,19,20). The summed E-state index contributed by atoms with van der Waals surface area (Å²) < 4.78 is 0. The molecule has 0 aliphatic heterocycles. The molecule has 6 nitrogen and oxygen atoms in total. The maximum absolute atomic E-state index is 12.5. The number of aliphatic carboxylic acids is 1. The van der Waals surface area contributed by atoms with Crippen LogP contribution in [-0.4, -0.2) is 32.7 Å². The number of fused-ring (bicyclic) bond motifs is 1. The topological polar surface area (TPSA) is 95.1 Å². The van der Waals surface area contributed by atoms with E-state index in [2.05, 4.69) is 15.5 Å². The van der Waals surface area contributed by atoms with Gasteiger partial charge >= 0.3 is 5.97 Å². The molecule has 1 amide bonds. The lowest BCUT2D eigenvalue weighted by Crippen LogP contribution is -2.43. The molecule has 1 aromatic carbocycles. The largest absolute Gasteiger partial charge is 0.481 e. The molecule has 6 heteroatoms. The van der Waals surface area contributed by atoms with Gasteiger partial charge in [-0.25, -0.2) is 0 Å². The highest BCUT2D eigenvalue weighted by Gasteiger charge is 2.23. The van der Waals surface area contributed by atoms with Gasteiger partial charge in [-0.1, -0.05) is 0 Å². The van der Waals surface area contributed by atoms with Gasteiger partial charge in [0.2, 0.25) is 0 Å². The van der Waals surface area contributed by atoms with Crippen LogP contribution in [0.2, 0.25) is 0 Å². The van der Waals surface area contributed by atoms with E-state index in [0.717, 1.165) is 10.9 Å². The molecule has 0 radical (unpaired) electrons. The van der Waals surface area contributed by atoms with Crippen LogP contribution in [0.5, 0.6) is 0 Å². The Balaban J connectivity index is 2.22. The summed E-state index contributed by atoms with van der Waals surface area (Å²) in [6, 6.07) is 3.74. The van der Waals surface area contributed by atoms with Crippen LogP contribution < -0.4 is 5.32 Å². The smallest absolute Gasteiger partial charge is 0.303 e. The van der Waals surface area contributed by atoms with Gasteiger partial charge in [-0.05, 0) is 44.9 Å². The number of aryl methyl sites for hydroxylation is 1. The van der Waals surface area contributed by atoms with Crippen molar-refractivity contribution < 1.29 is 14.7 Å². The number of hydrogen-bond donors (Lipinski definition) is 3. The van der Waals surface area contributed by atoms with Crippen molar-refractivity contribution in [2.45, 2.75) is 39.2 Å². The molecule has 3 N–H and O–H groups in total. The number of carbonyl (C=O) groups excluding carboxylic acids is 1. The predicted octanol–water partition coefficient (Wildman–Crippen LogP) is 2.24. The van der Waals surface area contributed by atoms with E-state index in [1.165, 1.54) is 0 Å². The van der Waals surface area contributed by atoms with Crippen molar-refractivity contribution in [2.24, 2.45) is 0 Å². The Morgan fingerprint density at radius 1 is 1.38 bits per heavy atom. The summed E-state index contributed by atoms with van der Waals surface area (Å²) in [6.07, 6.45) is 2.06. The van der Waals surface area contributed by atoms with Gasteiger partial charge in [0, 0.05) is 17.3 Å². The lowest BCUT2D eigenvalue weighted by Gasteiger charge is -2.25. The Bertz CT molecular complexity index is 689. The van der Waals surface area contributed by atoms with E-state index in [0.29, 0.717) is 17.5 Å². The number of rotatable bonds is 5. The van der Waals surface area contributed by atoms with E-state index >= 15 is 0 Å². The zero-order chi connectivity index (χ0) is 15.6. The van der Waals surface area contributed by atoms with Crippen LogP contribution in [0.25, 0.3) is 10.9 Å². The molecule has 112 valence electrons. The third-order valence-corrected chi connectivity index (χ3v) is 3.35. The molecule has 0 spiro atoms. The number of amides is 1. The Hall–Kier alpha value is -2.37. The average molecular weight is 289 g/mol. The first-order valence-corrected chi connectivity index (χ1v) is 6.76. The van der Waals surface area contributed by atoms with Gasteiger partial charge in [0.1, 0.15) is 0 Å². The summed E-state index contributed by atoms with van der Waals surface area (Å²) in [7, 11) is 0. The number of H-pyrrole nitrogens is 1. The number of carboxylic acid groups (broad SMARTS) is 1. The highest BCUT2D eigenvalue weighted by molar-refractivity contribution is 6.06. The van der Waals surface area contributed by atoms with E-state index in [1.54, 1.807) is 12.3 Å². The fourth-order valence-corrected chi connectivity index (χ4v) is 2.24. The quantitative estimate of drug-likeness (QED) is 0.786. The van der Waals surface area contributed by atoms with E-state index in [1.807, 2.05) is 26.8 Å². The molecule has 0 aliphatic rings. The minimum atomic E-state index is -0.871. The maximum atomic E-state index is 12.5. The van der Waals surface area contributed by atoms with Crippen molar-refractivity contribution in [2.75, 3.05) is 0 Å². The number of aromatic nitrogens is 2. The van der Waals surface area contributed by atoms with E-state index in [4.69, 9.17) is 5.11 Å². The predicted molar refractivity (Wildman–Crippen MR) is 79.2 cm³/mol. The average Bonchev–Trinajstić information content (AvgIpc) is 2.82. The van der Waals surface area contributed by atoms with Crippen molar-refractivity contribution >= 4 is 22.8 Å². The maximum Gasteiger partial charge on any atom is 0.303 e. The molecular weight excluding hydrogens is 270 g/mol. The van der Waals surface area contributed by atoms with Crippen LogP contribution in [0.3, 0.4) is 0 Å². The van der Waals surface area contributed by atoms with Crippen LogP contribution >= 0.6 is 0 Å². The molecule has 0 unspecified atom stereocenters. The molecule has 0 bridgehead atoms. The first kappa shape index (κ1) is 15.0. The molecule has 2 aromatic rings. The second-order valence-corrected chi connectivity index (χ2v) is 5.88. The summed E-state index contributed by atoms with van der Waals surface area (Å²) in [4.78, 5) is 23.1. The first-order valence-electron chi connectivity index (χ1n) is 6.76. The van der Waals surface area contributed by atoms with Crippen molar-refractivity contribution in [3.63, 3.8) is 0 Å². The van der Waals surface area contributed by atoms with Gasteiger partial charge in [-0.2, -0.15) is 5.10 Å². The number of aromatic amines is 1. The monoisotopic (exact) mass is 289 g/mol. The number of carbonyl (C=O) groups is 2. The van der Waals surface area contributed by atoms with Gasteiger partial charge in [0.15, 0.2) is 0 Å². The number of benzene rings is 1. The number of nitrogens with zero attached hydrogens (tertiary/aromatic N) is 1. The molecule has 1 aromatic heterocycles.